The lowest BCUT2D eigenvalue weighted by molar-refractivity contribution is 0.186. The fourth-order valence-electron chi connectivity index (χ4n) is 2.42. The summed E-state index contributed by atoms with van der Waals surface area (Å²) in [6.45, 7) is 4.58. The van der Waals surface area contributed by atoms with Gasteiger partial charge in [-0.2, -0.15) is 0 Å². The number of aryl methyl sites for hydroxylation is 1. The van der Waals surface area contributed by atoms with Gasteiger partial charge in [0, 0.05) is 18.2 Å². The van der Waals surface area contributed by atoms with E-state index in [1.165, 1.54) is 11.1 Å². The van der Waals surface area contributed by atoms with Gasteiger partial charge in [-0.15, -0.1) is 0 Å². The van der Waals surface area contributed by atoms with Gasteiger partial charge in [-0.1, -0.05) is 17.7 Å². The summed E-state index contributed by atoms with van der Waals surface area (Å²) in [6, 6.07) is 7.20. The second-order valence-corrected chi connectivity index (χ2v) is 4.63. The maximum Gasteiger partial charge on any atom is 0.124 e. The van der Waals surface area contributed by atoms with Gasteiger partial charge in [0.15, 0.2) is 0 Å². The van der Waals surface area contributed by atoms with Gasteiger partial charge in [0.05, 0.1) is 12.6 Å². The van der Waals surface area contributed by atoms with Crippen molar-refractivity contribution in [3.05, 3.63) is 29.3 Å². The van der Waals surface area contributed by atoms with Crippen molar-refractivity contribution in [3.63, 3.8) is 0 Å². The molecule has 3 nitrogen and oxygen atoms in total. The topological polar surface area (TPSA) is 30.5 Å². The first-order chi connectivity index (χ1) is 7.83. The van der Waals surface area contributed by atoms with Crippen LogP contribution in [0.3, 0.4) is 0 Å². The minimum atomic E-state index is 0.335. The van der Waals surface area contributed by atoms with E-state index in [1.54, 1.807) is 0 Å². The van der Waals surface area contributed by atoms with E-state index in [-0.39, 0.29) is 0 Å². The van der Waals surface area contributed by atoms with Crippen LogP contribution in [-0.4, -0.2) is 25.9 Å². The fourth-order valence-corrected chi connectivity index (χ4v) is 2.42. The lowest BCUT2D eigenvalue weighted by Crippen LogP contribution is -2.33. The Morgan fingerprint density at radius 1 is 1.31 bits per heavy atom. The molecule has 1 aromatic carbocycles. The molecule has 1 fully saturated rings. The van der Waals surface area contributed by atoms with E-state index in [9.17, 15) is 0 Å². The van der Waals surface area contributed by atoms with Gasteiger partial charge in [0.2, 0.25) is 0 Å². The zero-order chi connectivity index (χ0) is 11.0. The average molecular weight is 219 g/mol. The van der Waals surface area contributed by atoms with Crippen LogP contribution in [0.1, 0.15) is 23.6 Å². The van der Waals surface area contributed by atoms with E-state index in [1.807, 2.05) is 0 Å². The predicted molar refractivity (Wildman–Crippen MR) is 61.8 cm³/mol. The number of nitrogens with one attached hydrogen (secondary N) is 1. The monoisotopic (exact) mass is 219 g/mol. The lowest BCUT2D eigenvalue weighted by Gasteiger charge is -2.16. The summed E-state index contributed by atoms with van der Waals surface area (Å²) >= 11 is 0. The van der Waals surface area contributed by atoms with Crippen LogP contribution < -0.4 is 10.1 Å². The van der Waals surface area contributed by atoms with Crippen LogP contribution in [0.5, 0.6) is 5.75 Å². The van der Waals surface area contributed by atoms with Crippen molar-refractivity contribution >= 4 is 0 Å². The van der Waals surface area contributed by atoms with Crippen molar-refractivity contribution < 1.29 is 9.47 Å². The normalized spacial score (nSPS) is 27.8. The van der Waals surface area contributed by atoms with Crippen molar-refractivity contribution in [2.24, 2.45) is 0 Å². The molecule has 2 aliphatic heterocycles. The summed E-state index contributed by atoms with van der Waals surface area (Å²) in [4.78, 5) is 0. The predicted octanol–water partition coefficient (Wildman–Crippen LogP) is 1.81. The molecule has 16 heavy (non-hydrogen) atoms. The Labute approximate surface area is 95.8 Å². The van der Waals surface area contributed by atoms with Gasteiger partial charge in [0.1, 0.15) is 12.4 Å². The Hall–Kier alpha value is -1.06. The van der Waals surface area contributed by atoms with Crippen molar-refractivity contribution in [1.29, 1.82) is 0 Å². The van der Waals surface area contributed by atoms with E-state index in [0.29, 0.717) is 12.1 Å². The van der Waals surface area contributed by atoms with Crippen LogP contribution >= 0.6 is 0 Å². The van der Waals surface area contributed by atoms with Gasteiger partial charge in [-0.05, 0) is 19.4 Å². The SMILES string of the molecule is Cc1ccc2c(c1)C(NC1CCOC1)CO2. The number of hydrogen-bond donors (Lipinski definition) is 1. The van der Waals surface area contributed by atoms with E-state index >= 15 is 0 Å². The first-order valence-electron chi connectivity index (χ1n) is 5.90. The van der Waals surface area contributed by atoms with Crippen LogP contribution in [0.4, 0.5) is 0 Å². The van der Waals surface area contributed by atoms with Crippen molar-refractivity contribution in [2.75, 3.05) is 19.8 Å². The molecule has 2 heterocycles. The molecular formula is C13H17NO2. The molecule has 3 heteroatoms. The van der Waals surface area contributed by atoms with Crippen LogP contribution in [0.15, 0.2) is 18.2 Å². The molecule has 0 radical (unpaired) electrons. The average Bonchev–Trinajstić information content (AvgIpc) is 2.90. The molecule has 86 valence electrons. The Bertz CT molecular complexity index is 386. The van der Waals surface area contributed by atoms with E-state index in [0.717, 1.165) is 32.0 Å². The molecule has 2 aliphatic rings. The smallest absolute Gasteiger partial charge is 0.124 e. The van der Waals surface area contributed by atoms with Crippen molar-refractivity contribution in [2.45, 2.75) is 25.4 Å². The maximum absolute atomic E-state index is 5.67. The van der Waals surface area contributed by atoms with Crippen LogP contribution in [0, 0.1) is 6.92 Å². The minimum Gasteiger partial charge on any atom is -0.491 e. The molecule has 0 saturated carbocycles. The van der Waals surface area contributed by atoms with Gasteiger partial charge >= 0.3 is 0 Å². The molecule has 1 N–H and O–H groups in total. The summed E-state index contributed by atoms with van der Waals surface area (Å²) in [5.74, 6) is 1.03. The number of fused-ring (bicyclic) bond motifs is 1. The second-order valence-electron chi connectivity index (χ2n) is 4.63. The molecular weight excluding hydrogens is 202 g/mol. The molecule has 1 saturated heterocycles. The second kappa shape index (κ2) is 4.07. The zero-order valence-corrected chi connectivity index (χ0v) is 9.53. The molecule has 0 aliphatic carbocycles. The summed E-state index contributed by atoms with van der Waals surface area (Å²) in [5, 5.41) is 3.61. The van der Waals surface area contributed by atoms with Gasteiger partial charge in [-0.25, -0.2) is 0 Å². The van der Waals surface area contributed by atoms with Gasteiger partial charge in [-0.3, -0.25) is 0 Å². The van der Waals surface area contributed by atoms with Crippen molar-refractivity contribution in [3.8, 4) is 5.75 Å². The quantitative estimate of drug-likeness (QED) is 0.823. The Morgan fingerprint density at radius 3 is 3.06 bits per heavy atom. The molecule has 2 atom stereocenters. The zero-order valence-electron chi connectivity index (χ0n) is 9.53. The molecule has 0 amide bonds. The third-order valence-corrected chi connectivity index (χ3v) is 3.31. The highest BCUT2D eigenvalue weighted by Gasteiger charge is 2.27. The van der Waals surface area contributed by atoms with Gasteiger partial charge < -0.3 is 14.8 Å². The third kappa shape index (κ3) is 1.81. The highest BCUT2D eigenvalue weighted by atomic mass is 16.5. The Kier molecular flexibility index (Phi) is 2.58. The molecule has 0 spiro atoms. The Balaban J connectivity index is 1.77. The van der Waals surface area contributed by atoms with E-state index in [2.05, 4.69) is 30.4 Å². The third-order valence-electron chi connectivity index (χ3n) is 3.31. The largest absolute Gasteiger partial charge is 0.491 e. The molecule has 1 aromatic rings. The first kappa shape index (κ1) is 10.1. The van der Waals surface area contributed by atoms with Crippen LogP contribution in [-0.2, 0) is 4.74 Å². The lowest BCUT2D eigenvalue weighted by atomic mass is 10.0. The summed E-state index contributed by atoms with van der Waals surface area (Å²) in [6.07, 6.45) is 1.11. The van der Waals surface area contributed by atoms with Crippen LogP contribution in [0.25, 0.3) is 0 Å². The molecule has 2 unspecified atom stereocenters. The summed E-state index contributed by atoms with van der Waals surface area (Å²) in [5.41, 5.74) is 2.59. The summed E-state index contributed by atoms with van der Waals surface area (Å²) in [7, 11) is 0. The highest BCUT2D eigenvalue weighted by Crippen LogP contribution is 2.33. The number of ether oxygens (including phenoxy) is 2. The van der Waals surface area contributed by atoms with Gasteiger partial charge in [0.25, 0.3) is 0 Å². The summed E-state index contributed by atoms with van der Waals surface area (Å²) < 4.78 is 11.0. The molecule has 0 aromatic heterocycles. The van der Waals surface area contributed by atoms with E-state index in [4.69, 9.17) is 9.47 Å². The highest BCUT2D eigenvalue weighted by molar-refractivity contribution is 5.42. The van der Waals surface area contributed by atoms with Crippen molar-refractivity contribution in [1.82, 2.24) is 5.32 Å². The first-order valence-corrected chi connectivity index (χ1v) is 5.90. The molecule has 3 rings (SSSR count). The Morgan fingerprint density at radius 2 is 2.25 bits per heavy atom. The number of hydrogen-bond acceptors (Lipinski definition) is 3. The fraction of sp³-hybridized carbons (Fsp3) is 0.538. The number of rotatable bonds is 2. The molecule has 0 bridgehead atoms. The van der Waals surface area contributed by atoms with Crippen LogP contribution in [0.2, 0.25) is 0 Å². The maximum atomic E-state index is 5.67. The standard InChI is InChI=1S/C13H17NO2/c1-9-2-3-13-11(6-9)12(8-16-13)14-10-4-5-15-7-10/h2-3,6,10,12,14H,4-5,7-8H2,1H3. The minimum absolute atomic E-state index is 0.335. The number of benzene rings is 1. The van der Waals surface area contributed by atoms with E-state index < -0.39 is 0 Å².